The minimum atomic E-state index is -0.826. The van der Waals surface area contributed by atoms with Gasteiger partial charge in [-0.3, -0.25) is 14.2 Å². The number of nitrogens with zero attached hydrogens (tertiary/aromatic N) is 3. The number of carbonyl (C=O) groups is 1. The van der Waals surface area contributed by atoms with Crippen LogP contribution in [0.2, 0.25) is 0 Å². The Balaban J connectivity index is 1.27. The summed E-state index contributed by atoms with van der Waals surface area (Å²) < 4.78 is 37.6. The smallest absolute Gasteiger partial charge is 0.335 e. The molecule has 226 valence electrons. The number of anilines is 1. The zero-order chi connectivity index (χ0) is 31.4. The second-order valence-corrected chi connectivity index (χ2v) is 9.88. The monoisotopic (exact) mass is 600 g/mol. The number of aromatic nitrogens is 3. The van der Waals surface area contributed by atoms with Crippen LogP contribution in [0, 0.1) is 5.82 Å². The van der Waals surface area contributed by atoms with Crippen LogP contribution in [0.15, 0.2) is 88.6 Å². The number of nitrogens with one attached hydrogen (secondary N) is 1. The molecule has 5 rings (SSSR count). The van der Waals surface area contributed by atoms with E-state index in [0.29, 0.717) is 34.3 Å². The summed E-state index contributed by atoms with van der Waals surface area (Å²) in [4.78, 5) is 43.9. The van der Waals surface area contributed by atoms with Crippen molar-refractivity contribution in [1.82, 2.24) is 14.1 Å². The van der Waals surface area contributed by atoms with Gasteiger partial charge in [-0.1, -0.05) is 0 Å². The van der Waals surface area contributed by atoms with E-state index in [4.69, 9.17) is 18.9 Å². The fourth-order valence-corrected chi connectivity index (χ4v) is 4.42. The van der Waals surface area contributed by atoms with Crippen LogP contribution in [-0.4, -0.2) is 41.0 Å². The normalized spacial score (nSPS) is 11.0. The molecule has 2 aromatic heterocycles. The van der Waals surface area contributed by atoms with E-state index in [1.165, 1.54) is 22.9 Å². The van der Waals surface area contributed by atoms with Crippen LogP contribution in [0.1, 0.15) is 30.2 Å². The number of ether oxygens (including phenoxy) is 4. The quantitative estimate of drug-likeness (QED) is 0.224. The number of rotatable bonds is 10. The summed E-state index contributed by atoms with van der Waals surface area (Å²) in [6.45, 7) is 3.36. The van der Waals surface area contributed by atoms with E-state index in [-0.39, 0.29) is 24.1 Å². The zero-order valence-corrected chi connectivity index (χ0v) is 24.4. The van der Waals surface area contributed by atoms with Crippen molar-refractivity contribution in [3.05, 3.63) is 111 Å². The molecular formula is C32H29FN4O7. The Hall–Kier alpha value is -5.65. The summed E-state index contributed by atoms with van der Waals surface area (Å²) in [6.07, 6.45) is 1.23. The molecule has 0 aliphatic rings. The molecule has 3 aromatic carbocycles. The van der Waals surface area contributed by atoms with Gasteiger partial charge in [0.25, 0.3) is 11.5 Å². The van der Waals surface area contributed by atoms with Gasteiger partial charge in [0, 0.05) is 35.4 Å². The largest absolute Gasteiger partial charge is 0.493 e. The Kier molecular flexibility index (Phi) is 8.61. The Morgan fingerprint density at radius 2 is 1.59 bits per heavy atom. The third kappa shape index (κ3) is 6.24. The Labute approximate surface area is 251 Å². The number of halogens is 1. The predicted molar refractivity (Wildman–Crippen MR) is 162 cm³/mol. The summed E-state index contributed by atoms with van der Waals surface area (Å²) >= 11 is 0. The van der Waals surface area contributed by atoms with Gasteiger partial charge in [0.1, 0.15) is 17.1 Å². The summed E-state index contributed by atoms with van der Waals surface area (Å²) in [5, 5.41) is 3.53. The van der Waals surface area contributed by atoms with Crippen molar-refractivity contribution < 1.29 is 28.1 Å². The molecule has 0 aliphatic carbocycles. The number of methoxy groups -OCH3 is 2. The second kappa shape index (κ2) is 12.7. The average Bonchev–Trinajstić information content (AvgIpc) is 3.01. The zero-order valence-electron chi connectivity index (χ0n) is 24.4. The molecule has 0 radical (unpaired) electrons. The molecule has 0 atom stereocenters. The maximum Gasteiger partial charge on any atom is 0.335 e. The highest BCUT2D eigenvalue weighted by atomic mass is 19.1. The van der Waals surface area contributed by atoms with Crippen LogP contribution in [-0.2, 0) is 0 Å². The maximum atomic E-state index is 13.5. The van der Waals surface area contributed by atoms with E-state index in [9.17, 15) is 18.8 Å². The summed E-state index contributed by atoms with van der Waals surface area (Å²) in [5.41, 5.74) is -0.528. The van der Waals surface area contributed by atoms with Crippen molar-refractivity contribution in [1.29, 1.82) is 0 Å². The molecule has 2 heterocycles. The summed E-state index contributed by atoms with van der Waals surface area (Å²) in [7, 11) is 3.11. The first kappa shape index (κ1) is 29.8. The van der Waals surface area contributed by atoms with Crippen molar-refractivity contribution in [2.75, 3.05) is 26.3 Å². The van der Waals surface area contributed by atoms with E-state index in [2.05, 4.69) is 10.3 Å². The van der Waals surface area contributed by atoms with Crippen LogP contribution >= 0.6 is 0 Å². The van der Waals surface area contributed by atoms with Gasteiger partial charge in [-0.2, -0.15) is 0 Å². The minimum Gasteiger partial charge on any atom is -0.493 e. The van der Waals surface area contributed by atoms with Gasteiger partial charge in [0.05, 0.1) is 25.4 Å². The first-order valence-corrected chi connectivity index (χ1v) is 13.5. The molecule has 1 amide bonds. The average molecular weight is 601 g/mol. The lowest BCUT2D eigenvalue weighted by molar-refractivity contribution is 0.102. The molecule has 0 saturated carbocycles. The summed E-state index contributed by atoms with van der Waals surface area (Å²) in [6, 6.07) is 18.1. The minimum absolute atomic E-state index is 0.128. The first-order chi connectivity index (χ1) is 21.2. The lowest BCUT2D eigenvalue weighted by Gasteiger charge is -2.16. The predicted octanol–water partition coefficient (Wildman–Crippen LogP) is 4.95. The third-order valence-electron chi connectivity index (χ3n) is 6.71. The molecule has 0 saturated heterocycles. The first-order valence-electron chi connectivity index (χ1n) is 13.5. The highest BCUT2D eigenvalue weighted by molar-refractivity contribution is 6.03. The molecule has 5 aromatic rings. The molecule has 12 heteroatoms. The Morgan fingerprint density at radius 3 is 2.25 bits per heavy atom. The number of pyridine rings is 1. The standard InChI is InChI=1S/C32H29FN4O7/c1-19(2)36-17-25(31(39)37(32(36)40)23-10-6-21(33)7-11-23)30(38)34-22-8-12-24(13-9-22)43-18-44-29-14-5-20-15-27(41-3)28(42-4)16-26(20)35-29/h5-17,19H,18H2,1-4H3,(H,34,38). The van der Waals surface area contributed by atoms with Gasteiger partial charge in [-0.25, -0.2) is 18.7 Å². The second-order valence-electron chi connectivity index (χ2n) is 9.88. The molecule has 0 bridgehead atoms. The fraction of sp³-hybridized carbons (Fsp3) is 0.188. The van der Waals surface area contributed by atoms with Crippen LogP contribution in [0.3, 0.4) is 0 Å². The third-order valence-corrected chi connectivity index (χ3v) is 6.71. The van der Waals surface area contributed by atoms with Crippen LogP contribution in [0.25, 0.3) is 16.6 Å². The van der Waals surface area contributed by atoms with E-state index >= 15 is 0 Å². The van der Waals surface area contributed by atoms with Crippen molar-refractivity contribution >= 4 is 22.5 Å². The molecule has 0 fully saturated rings. The maximum absolute atomic E-state index is 13.5. The number of fused-ring (bicyclic) bond motifs is 1. The molecule has 11 nitrogen and oxygen atoms in total. The highest BCUT2D eigenvalue weighted by Gasteiger charge is 2.20. The molecule has 1 N–H and O–H groups in total. The summed E-state index contributed by atoms with van der Waals surface area (Å²) in [5.74, 6) is 0.721. The van der Waals surface area contributed by atoms with E-state index in [0.717, 1.165) is 22.1 Å². The molecule has 0 aliphatic heterocycles. The van der Waals surface area contributed by atoms with Crippen molar-refractivity contribution in [3.8, 4) is 28.8 Å². The highest BCUT2D eigenvalue weighted by Crippen LogP contribution is 2.32. The van der Waals surface area contributed by atoms with Crippen LogP contribution in [0.4, 0.5) is 10.1 Å². The molecule has 0 spiro atoms. The van der Waals surface area contributed by atoms with Crippen LogP contribution < -0.4 is 35.5 Å². The lowest BCUT2D eigenvalue weighted by Crippen LogP contribution is -2.42. The van der Waals surface area contributed by atoms with Gasteiger partial charge in [-0.05, 0) is 74.5 Å². The molecule has 0 unspecified atom stereocenters. The van der Waals surface area contributed by atoms with Crippen molar-refractivity contribution in [3.63, 3.8) is 0 Å². The number of hydrogen-bond acceptors (Lipinski definition) is 8. The topological polar surface area (TPSA) is 123 Å². The van der Waals surface area contributed by atoms with Crippen molar-refractivity contribution in [2.24, 2.45) is 0 Å². The fourth-order valence-electron chi connectivity index (χ4n) is 4.42. The number of amides is 1. The lowest BCUT2D eigenvalue weighted by atomic mass is 10.2. The van der Waals surface area contributed by atoms with E-state index in [1.54, 1.807) is 64.5 Å². The number of carbonyl (C=O) groups excluding carboxylic acids is 1. The van der Waals surface area contributed by atoms with Gasteiger partial charge in [-0.15, -0.1) is 0 Å². The Morgan fingerprint density at radius 1 is 0.909 bits per heavy atom. The van der Waals surface area contributed by atoms with E-state index < -0.39 is 23.0 Å². The van der Waals surface area contributed by atoms with Gasteiger partial charge in [0.15, 0.2) is 11.5 Å². The SMILES string of the molecule is COc1cc2ccc(OCOc3ccc(NC(=O)c4cn(C(C)C)c(=O)n(-c5ccc(F)cc5)c4=O)cc3)nc2cc1OC. The van der Waals surface area contributed by atoms with Gasteiger partial charge in [0.2, 0.25) is 12.7 Å². The number of benzene rings is 3. The number of hydrogen-bond donors (Lipinski definition) is 1. The van der Waals surface area contributed by atoms with Gasteiger partial charge < -0.3 is 24.3 Å². The van der Waals surface area contributed by atoms with Gasteiger partial charge >= 0.3 is 5.69 Å². The van der Waals surface area contributed by atoms with Crippen molar-refractivity contribution in [2.45, 2.75) is 19.9 Å². The molecule has 44 heavy (non-hydrogen) atoms. The molecular weight excluding hydrogens is 571 g/mol. The van der Waals surface area contributed by atoms with E-state index in [1.807, 2.05) is 12.1 Å². The van der Waals surface area contributed by atoms with Crippen LogP contribution in [0.5, 0.6) is 23.1 Å². The Bertz CT molecular complexity index is 1940.